The van der Waals surface area contributed by atoms with Gasteiger partial charge in [0.25, 0.3) is 0 Å². The van der Waals surface area contributed by atoms with E-state index >= 15 is 0 Å². The molecule has 1 unspecified atom stereocenters. The summed E-state index contributed by atoms with van der Waals surface area (Å²) in [6.07, 6.45) is 4.56. The molecule has 2 aliphatic rings. The van der Waals surface area contributed by atoms with Crippen LogP contribution in [0, 0.1) is 11.7 Å². The third-order valence-corrected chi connectivity index (χ3v) is 5.17. The molecule has 3 rings (SSSR count). The van der Waals surface area contributed by atoms with Crippen LogP contribution in [-0.4, -0.2) is 42.4 Å². The van der Waals surface area contributed by atoms with Gasteiger partial charge in [-0.3, -0.25) is 9.59 Å². The molecule has 1 aromatic carbocycles. The molecular formula is C19H26FN3O2. The van der Waals surface area contributed by atoms with E-state index in [0.29, 0.717) is 32.5 Å². The average molecular weight is 347 g/mol. The Labute approximate surface area is 148 Å². The Bertz CT molecular complexity index is 591. The van der Waals surface area contributed by atoms with Crippen LogP contribution in [0.25, 0.3) is 0 Å². The molecule has 25 heavy (non-hydrogen) atoms. The minimum absolute atomic E-state index is 0.0206. The largest absolute Gasteiger partial charge is 0.352 e. The molecule has 2 amide bonds. The summed E-state index contributed by atoms with van der Waals surface area (Å²) in [6.45, 7) is 2.61. The predicted octanol–water partition coefficient (Wildman–Crippen LogP) is 1.82. The molecule has 2 N–H and O–H groups in total. The number of amides is 2. The van der Waals surface area contributed by atoms with E-state index in [1.807, 2.05) is 4.90 Å². The van der Waals surface area contributed by atoms with Gasteiger partial charge in [0.05, 0.1) is 6.04 Å². The molecule has 2 fully saturated rings. The van der Waals surface area contributed by atoms with E-state index in [1.165, 1.54) is 12.1 Å². The first-order valence-corrected chi connectivity index (χ1v) is 9.18. The zero-order valence-corrected chi connectivity index (χ0v) is 14.5. The molecule has 5 nitrogen and oxygen atoms in total. The van der Waals surface area contributed by atoms with Crippen LogP contribution >= 0.6 is 0 Å². The van der Waals surface area contributed by atoms with Crippen molar-refractivity contribution < 1.29 is 14.0 Å². The molecule has 136 valence electrons. The lowest BCUT2D eigenvalue weighted by atomic mass is 9.94. The molecule has 0 aliphatic carbocycles. The maximum Gasteiger partial charge on any atom is 0.239 e. The van der Waals surface area contributed by atoms with Crippen molar-refractivity contribution in [3.63, 3.8) is 0 Å². The lowest BCUT2D eigenvalue weighted by Gasteiger charge is -2.35. The number of nitrogens with one attached hydrogen (secondary N) is 2. The molecule has 2 heterocycles. The fraction of sp³-hybridized carbons (Fsp3) is 0.579. The molecule has 0 saturated carbocycles. The molecule has 2 saturated heterocycles. The number of nitrogens with zero attached hydrogens (tertiary/aromatic N) is 1. The number of halogens is 1. The van der Waals surface area contributed by atoms with Gasteiger partial charge in [-0.25, -0.2) is 4.39 Å². The quantitative estimate of drug-likeness (QED) is 0.873. The Morgan fingerprint density at radius 2 is 1.84 bits per heavy atom. The molecule has 0 bridgehead atoms. The SMILES string of the molecule is O=C(NCc1ccc(F)cc1)C1CCN(C(=O)C2CCCCN2)CC1. The van der Waals surface area contributed by atoms with Crippen molar-refractivity contribution in [2.45, 2.75) is 44.7 Å². The van der Waals surface area contributed by atoms with Gasteiger partial charge in [-0.1, -0.05) is 18.6 Å². The molecule has 6 heteroatoms. The lowest BCUT2D eigenvalue weighted by Crippen LogP contribution is -2.51. The Balaban J connectivity index is 1.42. The Morgan fingerprint density at radius 3 is 2.48 bits per heavy atom. The fourth-order valence-electron chi connectivity index (χ4n) is 3.58. The number of likely N-dealkylation sites (tertiary alicyclic amines) is 1. The Kier molecular flexibility index (Phi) is 6.02. The summed E-state index contributed by atoms with van der Waals surface area (Å²) in [6, 6.07) is 6.09. The van der Waals surface area contributed by atoms with Gasteiger partial charge in [0.1, 0.15) is 5.82 Å². The zero-order chi connectivity index (χ0) is 17.6. The molecule has 0 aromatic heterocycles. The summed E-state index contributed by atoms with van der Waals surface area (Å²) in [4.78, 5) is 26.7. The van der Waals surface area contributed by atoms with Gasteiger partial charge in [0.2, 0.25) is 11.8 Å². The molecular weight excluding hydrogens is 321 g/mol. The van der Waals surface area contributed by atoms with Crippen LogP contribution in [0.15, 0.2) is 24.3 Å². The number of rotatable bonds is 4. The third-order valence-electron chi connectivity index (χ3n) is 5.17. The van der Waals surface area contributed by atoms with Crippen molar-refractivity contribution >= 4 is 11.8 Å². The monoisotopic (exact) mass is 347 g/mol. The summed E-state index contributed by atoms with van der Waals surface area (Å²) in [7, 11) is 0. The second-order valence-electron chi connectivity index (χ2n) is 6.95. The van der Waals surface area contributed by atoms with Gasteiger partial charge in [-0.05, 0) is 49.9 Å². The normalized spacial score (nSPS) is 21.8. The van der Waals surface area contributed by atoms with Crippen molar-refractivity contribution in [3.8, 4) is 0 Å². The van der Waals surface area contributed by atoms with Crippen LogP contribution in [0.3, 0.4) is 0 Å². The van der Waals surface area contributed by atoms with Crippen molar-refractivity contribution in [1.82, 2.24) is 15.5 Å². The molecule has 0 spiro atoms. The summed E-state index contributed by atoms with van der Waals surface area (Å²) in [5.74, 6) is -0.125. The maximum atomic E-state index is 12.9. The summed E-state index contributed by atoms with van der Waals surface area (Å²) in [5, 5.41) is 6.21. The minimum Gasteiger partial charge on any atom is -0.352 e. The van der Waals surface area contributed by atoms with Crippen LogP contribution in [0.1, 0.15) is 37.7 Å². The van der Waals surface area contributed by atoms with Gasteiger partial charge in [-0.15, -0.1) is 0 Å². The van der Waals surface area contributed by atoms with E-state index < -0.39 is 0 Å². The van der Waals surface area contributed by atoms with E-state index in [9.17, 15) is 14.0 Å². The first kappa shape index (κ1) is 17.9. The molecule has 1 atom stereocenters. The highest BCUT2D eigenvalue weighted by molar-refractivity contribution is 5.83. The highest BCUT2D eigenvalue weighted by Crippen LogP contribution is 2.20. The first-order valence-electron chi connectivity index (χ1n) is 9.18. The number of piperidine rings is 2. The van der Waals surface area contributed by atoms with Crippen molar-refractivity contribution in [1.29, 1.82) is 0 Å². The number of hydrogen-bond acceptors (Lipinski definition) is 3. The standard InChI is InChI=1S/C19H26FN3O2/c20-16-6-4-14(5-7-16)13-22-18(24)15-8-11-23(12-9-15)19(25)17-3-1-2-10-21-17/h4-7,15,17,21H,1-3,8-13H2,(H,22,24). The van der Waals surface area contributed by atoms with E-state index in [-0.39, 0.29) is 29.6 Å². The highest BCUT2D eigenvalue weighted by atomic mass is 19.1. The maximum absolute atomic E-state index is 12.9. The van der Waals surface area contributed by atoms with Crippen LogP contribution in [0.5, 0.6) is 0 Å². The van der Waals surface area contributed by atoms with Gasteiger partial charge in [0.15, 0.2) is 0 Å². The topological polar surface area (TPSA) is 61.4 Å². The van der Waals surface area contributed by atoms with Crippen molar-refractivity contribution in [3.05, 3.63) is 35.6 Å². The summed E-state index contributed by atoms with van der Waals surface area (Å²) >= 11 is 0. The first-order chi connectivity index (χ1) is 12.1. The molecule has 0 radical (unpaired) electrons. The second-order valence-corrected chi connectivity index (χ2v) is 6.95. The third kappa shape index (κ3) is 4.78. The number of carbonyl (C=O) groups is 2. The fourth-order valence-corrected chi connectivity index (χ4v) is 3.58. The van der Waals surface area contributed by atoms with Crippen LogP contribution in [0.2, 0.25) is 0 Å². The van der Waals surface area contributed by atoms with E-state index in [2.05, 4.69) is 10.6 Å². The number of hydrogen-bond donors (Lipinski definition) is 2. The summed E-state index contributed by atoms with van der Waals surface area (Å²) in [5.41, 5.74) is 0.880. The summed E-state index contributed by atoms with van der Waals surface area (Å²) < 4.78 is 12.9. The lowest BCUT2D eigenvalue weighted by molar-refractivity contribution is -0.137. The minimum atomic E-state index is -0.278. The van der Waals surface area contributed by atoms with E-state index in [0.717, 1.165) is 31.4 Å². The van der Waals surface area contributed by atoms with Crippen molar-refractivity contribution in [2.24, 2.45) is 5.92 Å². The Morgan fingerprint density at radius 1 is 1.12 bits per heavy atom. The van der Waals surface area contributed by atoms with Gasteiger partial charge >= 0.3 is 0 Å². The number of benzene rings is 1. The zero-order valence-electron chi connectivity index (χ0n) is 14.5. The molecule has 2 aliphatic heterocycles. The second kappa shape index (κ2) is 8.43. The Hall–Kier alpha value is -1.95. The van der Waals surface area contributed by atoms with Crippen LogP contribution < -0.4 is 10.6 Å². The van der Waals surface area contributed by atoms with Gasteiger partial charge in [0, 0.05) is 25.6 Å². The predicted molar refractivity (Wildman–Crippen MR) is 93.2 cm³/mol. The van der Waals surface area contributed by atoms with Gasteiger partial charge in [-0.2, -0.15) is 0 Å². The van der Waals surface area contributed by atoms with E-state index in [4.69, 9.17) is 0 Å². The highest BCUT2D eigenvalue weighted by Gasteiger charge is 2.31. The van der Waals surface area contributed by atoms with Crippen LogP contribution in [0.4, 0.5) is 4.39 Å². The molecule has 1 aromatic rings. The smallest absolute Gasteiger partial charge is 0.239 e. The average Bonchev–Trinajstić information content (AvgIpc) is 2.67. The number of carbonyl (C=O) groups excluding carboxylic acids is 2. The van der Waals surface area contributed by atoms with E-state index in [1.54, 1.807) is 12.1 Å². The van der Waals surface area contributed by atoms with Crippen LogP contribution in [-0.2, 0) is 16.1 Å². The van der Waals surface area contributed by atoms with Crippen molar-refractivity contribution in [2.75, 3.05) is 19.6 Å². The van der Waals surface area contributed by atoms with Gasteiger partial charge < -0.3 is 15.5 Å².